The second-order valence-corrected chi connectivity index (χ2v) is 62.5. The lowest BCUT2D eigenvalue weighted by molar-refractivity contribution is -0.254. The SMILES string of the molecule is Cc1ccc(-c2sc(-c3cccs3)cc2C2=C(c3cc(-c4cccs4)sc3-c3ccc(C)s3)C(F)(F)C(F)(F)C2(F)F)s1.S=S=S=S=S=S=S=S=S=S=S=S=S=S=S=S=S=S=S=S=S=S=S=S=S=S=S. The third-order valence-corrected chi connectivity index (χ3v) is 67.9. The highest BCUT2D eigenvalue weighted by Crippen LogP contribution is 2.67. The van der Waals surface area contributed by atoms with E-state index in [0.717, 1.165) is 42.2 Å². The normalized spacial score (nSPS) is 13.5. The Hall–Kier alpha value is 3.46. The average molecular weight is 1560 g/mol. The smallest absolute Gasteiger partial charge is 0.194 e. The Labute approximate surface area is 503 Å². The molecule has 7 rings (SSSR count). The van der Waals surface area contributed by atoms with Crippen LogP contribution in [0.5, 0.6) is 0 Å². The molecule has 1 aliphatic carbocycles. The molecule has 1 aliphatic rings. The molecule has 0 N–H and O–H groups in total. The molecular formula is C31H18F6S33. The van der Waals surface area contributed by atoms with E-state index < -0.39 is 28.9 Å². The van der Waals surface area contributed by atoms with Crippen LogP contribution in [0.3, 0.4) is 0 Å². The Kier molecular flexibility index (Phi) is 29.2. The van der Waals surface area contributed by atoms with Crippen LogP contribution < -0.4 is 0 Å². The minimum absolute atomic E-state index is 0.268. The summed E-state index contributed by atoms with van der Waals surface area (Å²) < 4.78 is 95.4. The van der Waals surface area contributed by atoms with Gasteiger partial charge in [-0.25, -0.2) is 0 Å². The maximum atomic E-state index is 16.1. The maximum absolute atomic E-state index is 16.1. The first kappa shape index (κ1) is 62.7. The first-order valence-electron chi connectivity index (χ1n) is 17.1. The summed E-state index contributed by atoms with van der Waals surface area (Å²) in [5, 5.41) is 3.63. The van der Waals surface area contributed by atoms with E-state index in [2.05, 4.69) is 0 Å². The topological polar surface area (TPSA) is 0 Å². The summed E-state index contributed by atoms with van der Waals surface area (Å²) in [6, 6.07) is 16.9. The van der Waals surface area contributed by atoms with Gasteiger partial charge in [-0.2, -0.15) is 26.3 Å². The monoisotopic (exact) mass is 1560 g/mol. The molecule has 0 amide bonds. The highest BCUT2D eigenvalue weighted by atomic mass is 33.5. The maximum Gasteiger partial charge on any atom is 0.380 e. The number of hydrogen-bond acceptors (Lipinski definition) is 8. The van der Waals surface area contributed by atoms with E-state index in [1.54, 1.807) is 173 Å². The fourth-order valence-electron chi connectivity index (χ4n) is 5.41. The standard InChI is InChI=1S/C31H18F6S6.S27/c1-15-7-9-21(40-15)27-17(13-23(42-27)19-5-3-11-38-19)25-26(30(34,35)31(36,37)29(25,32)33)18-14-24(20-6-4-12-39-20)43-28(18)22-10-8-16(2)41-22;1-3-5-7-9-11-13-15-17-19-21-23-25-27-26-24-22-20-18-16-14-12-10-8-6-4-2/h3-14H,1-2H3;. The molecule has 0 aliphatic heterocycles. The van der Waals surface area contributed by atoms with Crippen LogP contribution in [0.4, 0.5) is 26.3 Å². The minimum Gasteiger partial charge on any atom is -0.194 e. The van der Waals surface area contributed by atoms with E-state index in [4.69, 9.17) is 22.4 Å². The molecule has 382 valence electrons. The molecule has 70 heavy (non-hydrogen) atoms. The van der Waals surface area contributed by atoms with Crippen LogP contribution in [0.15, 0.2) is 71.4 Å². The van der Waals surface area contributed by atoms with E-state index >= 15 is 26.3 Å². The van der Waals surface area contributed by atoms with Crippen LogP contribution in [0.1, 0.15) is 20.9 Å². The van der Waals surface area contributed by atoms with Crippen LogP contribution in [0, 0.1) is 13.8 Å². The van der Waals surface area contributed by atoms with E-state index in [0.29, 0.717) is 19.5 Å². The van der Waals surface area contributed by atoms with Crippen LogP contribution in [0.2, 0.25) is 0 Å². The highest BCUT2D eigenvalue weighted by Gasteiger charge is 2.80. The van der Waals surface area contributed by atoms with Gasteiger partial charge in [-0.05, 0) is 73.1 Å². The lowest BCUT2D eigenvalue weighted by Gasteiger charge is -2.25. The quantitative estimate of drug-likeness (QED) is 0.152. The molecule has 0 radical (unpaired) electrons. The molecular weight excluding hydrogens is 1540 g/mol. The minimum atomic E-state index is -5.65. The van der Waals surface area contributed by atoms with Gasteiger partial charge < -0.3 is 0 Å². The molecule has 39 heteroatoms. The number of rotatable bonds is 6. The van der Waals surface area contributed by atoms with Crippen molar-refractivity contribution in [1.82, 2.24) is 0 Å². The van der Waals surface area contributed by atoms with Gasteiger partial charge in [0.1, 0.15) is 0 Å². The summed E-state index contributed by atoms with van der Waals surface area (Å²) in [6.45, 7) is 3.68. The first-order chi connectivity index (χ1) is 33.8. The van der Waals surface area contributed by atoms with Crippen LogP contribution >= 0.6 is 68.0 Å². The predicted octanol–water partition coefficient (Wildman–Crippen LogP) is 13.1. The summed E-state index contributed by atoms with van der Waals surface area (Å²) in [5.74, 6) is -15.9. The zero-order chi connectivity index (χ0) is 50.0. The Morgan fingerprint density at radius 2 is 0.671 bits per heavy atom. The molecule has 0 atom stereocenters. The fourth-order valence-corrected chi connectivity index (χ4v) is 74.5. The van der Waals surface area contributed by atoms with Crippen LogP contribution in [-0.4, -0.2) is 17.8 Å². The Bertz CT molecular complexity index is 3860. The number of aryl methyl sites for hydroxylation is 2. The van der Waals surface area contributed by atoms with Crippen molar-refractivity contribution < 1.29 is 26.3 Å². The summed E-state index contributed by atoms with van der Waals surface area (Å²) >= 11 is 17.2. The lowest BCUT2D eigenvalue weighted by Crippen LogP contribution is -2.48. The van der Waals surface area contributed by atoms with Crippen molar-refractivity contribution in [3.8, 4) is 39.0 Å². The molecule has 0 bridgehead atoms. The molecule has 6 aromatic rings. The number of halogens is 6. The summed E-state index contributed by atoms with van der Waals surface area (Å²) in [7, 11) is 43.6. The molecule has 0 unspecified atom stereocenters. The van der Waals surface area contributed by atoms with Crippen molar-refractivity contribution in [3.63, 3.8) is 0 Å². The third-order valence-electron chi connectivity index (χ3n) is 7.79. The number of hydrogen-bond donors (Lipinski definition) is 0. The molecule has 0 fully saturated rings. The fraction of sp³-hybridized carbons (Fsp3) is 0.161. The molecule has 0 saturated heterocycles. The van der Waals surface area contributed by atoms with Gasteiger partial charge in [0.15, 0.2) is 0 Å². The summed E-state index contributed by atoms with van der Waals surface area (Å²) in [4.78, 5) is 5.97. The van der Waals surface area contributed by atoms with Gasteiger partial charge in [0.25, 0.3) is 0 Å². The van der Waals surface area contributed by atoms with Crippen LogP contribution in [-0.2, 0) is 244 Å². The van der Waals surface area contributed by atoms with E-state index in [9.17, 15) is 0 Å². The van der Waals surface area contributed by atoms with Gasteiger partial charge in [0.2, 0.25) is 0 Å². The average Bonchev–Trinajstić information content (AvgIpc) is 4.20. The molecule has 6 aromatic heterocycles. The molecule has 0 nitrogen and oxygen atoms in total. The second kappa shape index (κ2) is 32.6. The number of alkyl halides is 6. The van der Waals surface area contributed by atoms with E-state index in [-0.39, 0.29) is 20.9 Å². The molecule has 0 aromatic carbocycles. The van der Waals surface area contributed by atoms with Crippen molar-refractivity contribution >= 4 is 324 Å². The summed E-state index contributed by atoms with van der Waals surface area (Å²) in [6.07, 6.45) is 0. The van der Waals surface area contributed by atoms with E-state index in [1.807, 2.05) is 105 Å². The van der Waals surface area contributed by atoms with Gasteiger partial charge >= 0.3 is 17.8 Å². The van der Waals surface area contributed by atoms with E-state index in [1.165, 1.54) is 75.2 Å². The van der Waals surface area contributed by atoms with Gasteiger partial charge in [0.05, 0.1) is 9.75 Å². The van der Waals surface area contributed by atoms with Gasteiger partial charge in [-0.3, -0.25) is 0 Å². The molecule has 0 saturated carbocycles. The van der Waals surface area contributed by atoms with Gasteiger partial charge in [0, 0.05) is 306 Å². The van der Waals surface area contributed by atoms with Crippen molar-refractivity contribution in [1.29, 1.82) is 0 Å². The Morgan fingerprint density at radius 1 is 0.371 bits per heavy atom. The zero-order valence-corrected chi connectivity index (χ0v) is 60.1. The zero-order valence-electron chi connectivity index (χ0n) is 33.2. The Balaban J connectivity index is 0.000000259. The van der Waals surface area contributed by atoms with Gasteiger partial charge in [-0.15, -0.1) is 68.0 Å². The van der Waals surface area contributed by atoms with Crippen LogP contribution in [0.25, 0.3) is 50.2 Å². The van der Waals surface area contributed by atoms with Crippen molar-refractivity contribution in [2.45, 2.75) is 31.6 Å². The molecule has 0 spiro atoms. The number of thiophene rings is 6. The highest BCUT2D eigenvalue weighted by molar-refractivity contribution is 8.79. The predicted molar refractivity (Wildman–Crippen MR) is 372 cm³/mol. The lowest BCUT2D eigenvalue weighted by atomic mass is 9.94. The second-order valence-electron chi connectivity index (χ2n) is 11.7. The molecule has 6 heterocycles. The largest absolute Gasteiger partial charge is 0.380 e. The van der Waals surface area contributed by atoms with Crippen molar-refractivity contribution in [2.75, 3.05) is 0 Å². The third kappa shape index (κ3) is 17.7. The van der Waals surface area contributed by atoms with Crippen molar-refractivity contribution in [3.05, 3.63) is 92.3 Å². The first-order valence-corrected chi connectivity index (χ1v) is 56.8. The van der Waals surface area contributed by atoms with Crippen molar-refractivity contribution in [2.24, 2.45) is 0 Å². The summed E-state index contributed by atoms with van der Waals surface area (Å²) in [5.41, 5.74) is -3.20. The Morgan fingerprint density at radius 3 is 0.914 bits per heavy atom. The number of allylic oxidation sites excluding steroid dienone is 2. The van der Waals surface area contributed by atoms with Gasteiger partial charge in [-0.1, -0.05) is 12.1 Å².